The monoisotopic (exact) mass is 388 g/mol. The van der Waals surface area contributed by atoms with E-state index in [4.69, 9.17) is 4.74 Å². The van der Waals surface area contributed by atoms with Crippen LogP contribution in [0.25, 0.3) is 0 Å². The molecule has 0 fully saturated rings. The number of rotatable bonds is 4. The van der Waals surface area contributed by atoms with Crippen molar-refractivity contribution in [2.24, 2.45) is 5.41 Å². The number of aryl methyl sites for hydroxylation is 2. The molecule has 0 spiro atoms. The summed E-state index contributed by atoms with van der Waals surface area (Å²) in [5.74, 6) is 0.232. The maximum absolute atomic E-state index is 12.6. The summed E-state index contributed by atoms with van der Waals surface area (Å²) in [7, 11) is -3.60. The van der Waals surface area contributed by atoms with E-state index in [1.54, 1.807) is 32.0 Å². The Balaban J connectivity index is 1.82. The molecule has 1 heterocycles. The van der Waals surface area contributed by atoms with Crippen LogP contribution in [0.3, 0.4) is 0 Å². The Hall–Kier alpha value is -2.54. The number of sulfonamides is 1. The number of amides is 1. The Morgan fingerprint density at radius 2 is 1.89 bits per heavy atom. The predicted octanol–water partition coefficient (Wildman–Crippen LogP) is 3.60. The van der Waals surface area contributed by atoms with Crippen LogP contribution >= 0.6 is 0 Å². The number of fused-ring (bicyclic) bond motifs is 1. The molecule has 6 nitrogen and oxygen atoms in total. The van der Waals surface area contributed by atoms with Crippen LogP contribution in [0.4, 0.5) is 11.4 Å². The maximum Gasteiger partial charge on any atom is 0.236 e. The molecule has 27 heavy (non-hydrogen) atoms. The van der Waals surface area contributed by atoms with Gasteiger partial charge in [-0.3, -0.25) is 9.52 Å². The van der Waals surface area contributed by atoms with Gasteiger partial charge >= 0.3 is 0 Å². The smallest absolute Gasteiger partial charge is 0.236 e. The van der Waals surface area contributed by atoms with Gasteiger partial charge in [0.15, 0.2) is 0 Å². The predicted molar refractivity (Wildman–Crippen MR) is 107 cm³/mol. The van der Waals surface area contributed by atoms with Gasteiger partial charge in [0, 0.05) is 0 Å². The summed E-state index contributed by atoms with van der Waals surface area (Å²) in [6.45, 7) is 7.66. The van der Waals surface area contributed by atoms with Crippen molar-refractivity contribution in [2.75, 3.05) is 16.6 Å². The average molecular weight is 388 g/mol. The molecule has 0 saturated heterocycles. The van der Waals surface area contributed by atoms with Gasteiger partial charge in [0.2, 0.25) is 15.9 Å². The van der Waals surface area contributed by atoms with Gasteiger partial charge in [-0.1, -0.05) is 23.8 Å². The minimum atomic E-state index is -3.60. The number of nitrogens with one attached hydrogen (secondary N) is 2. The molecule has 0 atom stereocenters. The Bertz CT molecular complexity index is 997. The molecule has 1 aliphatic heterocycles. The summed E-state index contributed by atoms with van der Waals surface area (Å²) in [6, 6.07) is 10.6. The lowest BCUT2D eigenvalue weighted by Gasteiger charge is -2.18. The van der Waals surface area contributed by atoms with Crippen molar-refractivity contribution in [1.29, 1.82) is 0 Å². The molecule has 3 rings (SSSR count). The third-order valence-corrected chi connectivity index (χ3v) is 5.79. The zero-order chi connectivity index (χ0) is 19.8. The Morgan fingerprint density at radius 3 is 2.63 bits per heavy atom. The number of ether oxygens (including phenoxy) is 1. The summed E-state index contributed by atoms with van der Waals surface area (Å²) in [6.07, 6.45) is 0. The highest BCUT2D eigenvalue weighted by atomic mass is 32.2. The van der Waals surface area contributed by atoms with Gasteiger partial charge in [0.05, 0.1) is 22.5 Å². The summed E-state index contributed by atoms with van der Waals surface area (Å²) >= 11 is 0. The quantitative estimate of drug-likeness (QED) is 0.838. The highest BCUT2D eigenvalue weighted by Crippen LogP contribution is 2.34. The molecule has 0 aromatic heterocycles. The second-order valence-electron chi connectivity index (χ2n) is 7.63. The van der Waals surface area contributed by atoms with Crippen LogP contribution < -0.4 is 14.8 Å². The van der Waals surface area contributed by atoms with Gasteiger partial charge in [-0.25, -0.2) is 8.42 Å². The van der Waals surface area contributed by atoms with Crippen molar-refractivity contribution in [1.82, 2.24) is 0 Å². The van der Waals surface area contributed by atoms with Crippen molar-refractivity contribution >= 4 is 27.3 Å². The summed E-state index contributed by atoms with van der Waals surface area (Å²) in [5.41, 5.74) is 2.87. The Kier molecular flexibility index (Phi) is 4.90. The van der Waals surface area contributed by atoms with E-state index in [-0.39, 0.29) is 18.3 Å². The van der Waals surface area contributed by atoms with Crippen LogP contribution in [0.5, 0.6) is 5.75 Å². The minimum Gasteiger partial charge on any atom is -0.490 e. The van der Waals surface area contributed by atoms with Crippen molar-refractivity contribution in [2.45, 2.75) is 33.4 Å². The molecule has 7 heteroatoms. The van der Waals surface area contributed by atoms with Gasteiger partial charge in [-0.2, -0.15) is 0 Å². The lowest BCUT2D eigenvalue weighted by molar-refractivity contribution is -0.124. The van der Waals surface area contributed by atoms with Gasteiger partial charge in [-0.15, -0.1) is 0 Å². The molecule has 1 amide bonds. The third kappa shape index (κ3) is 4.42. The average Bonchev–Trinajstić information content (AvgIpc) is 2.67. The van der Waals surface area contributed by atoms with Crippen LogP contribution in [-0.2, 0) is 20.6 Å². The topological polar surface area (TPSA) is 84.5 Å². The number of benzene rings is 2. The molecular weight excluding hydrogens is 364 g/mol. The molecule has 2 aromatic rings. The fourth-order valence-corrected chi connectivity index (χ4v) is 4.09. The van der Waals surface area contributed by atoms with Crippen molar-refractivity contribution in [3.8, 4) is 5.75 Å². The molecule has 1 aliphatic rings. The number of hydrogen-bond acceptors (Lipinski definition) is 4. The lowest BCUT2D eigenvalue weighted by Crippen LogP contribution is -2.33. The standard InChI is InChI=1S/C20H24N2O4S/c1-13-5-6-14(2)15(9-13)11-27(24,25)22-16-7-8-18-17(10-16)21-19(23)20(3,4)12-26-18/h5-10,22H,11-12H2,1-4H3,(H,21,23). The third-order valence-electron chi connectivity index (χ3n) is 4.55. The highest BCUT2D eigenvalue weighted by Gasteiger charge is 2.32. The van der Waals surface area contributed by atoms with Crippen molar-refractivity contribution in [3.05, 3.63) is 53.1 Å². The van der Waals surface area contributed by atoms with Crippen LogP contribution in [0.15, 0.2) is 36.4 Å². The second kappa shape index (κ2) is 6.88. The SMILES string of the molecule is Cc1ccc(C)c(CS(=O)(=O)Nc2ccc3c(c2)NC(=O)C(C)(C)CO3)c1. The summed E-state index contributed by atoms with van der Waals surface area (Å²) in [5, 5.41) is 2.81. The first-order valence-corrected chi connectivity index (χ1v) is 10.4. The van der Waals surface area contributed by atoms with Crippen LogP contribution in [-0.4, -0.2) is 20.9 Å². The van der Waals surface area contributed by atoms with Crippen LogP contribution in [0, 0.1) is 19.3 Å². The van der Waals surface area contributed by atoms with E-state index >= 15 is 0 Å². The normalized spacial score (nSPS) is 15.9. The van der Waals surface area contributed by atoms with Crippen LogP contribution in [0.2, 0.25) is 0 Å². The fraction of sp³-hybridized carbons (Fsp3) is 0.350. The molecule has 0 aliphatic carbocycles. The van der Waals surface area contributed by atoms with E-state index in [0.717, 1.165) is 16.7 Å². The fourth-order valence-electron chi connectivity index (χ4n) is 2.81. The Labute approximate surface area is 160 Å². The van der Waals surface area contributed by atoms with Gasteiger partial charge in [0.1, 0.15) is 12.4 Å². The number of carbonyl (C=O) groups is 1. The molecule has 2 aromatic carbocycles. The number of hydrogen-bond donors (Lipinski definition) is 2. The second-order valence-corrected chi connectivity index (χ2v) is 9.35. The van der Waals surface area contributed by atoms with E-state index in [1.165, 1.54) is 0 Å². The molecule has 2 N–H and O–H groups in total. The first-order chi connectivity index (χ1) is 12.6. The summed E-state index contributed by atoms with van der Waals surface area (Å²) < 4.78 is 33.5. The zero-order valence-electron chi connectivity index (χ0n) is 15.9. The largest absolute Gasteiger partial charge is 0.490 e. The minimum absolute atomic E-state index is 0.118. The van der Waals surface area contributed by atoms with E-state index in [2.05, 4.69) is 10.0 Å². The van der Waals surface area contributed by atoms with E-state index < -0.39 is 15.4 Å². The van der Waals surface area contributed by atoms with Crippen molar-refractivity contribution in [3.63, 3.8) is 0 Å². The molecule has 0 saturated carbocycles. The zero-order valence-corrected chi connectivity index (χ0v) is 16.7. The lowest BCUT2D eigenvalue weighted by atomic mass is 9.94. The van der Waals surface area contributed by atoms with Gasteiger partial charge in [0.25, 0.3) is 0 Å². The molecule has 0 unspecified atom stereocenters. The van der Waals surface area contributed by atoms with Gasteiger partial charge < -0.3 is 10.1 Å². The Morgan fingerprint density at radius 1 is 1.15 bits per heavy atom. The van der Waals surface area contributed by atoms with E-state index in [0.29, 0.717) is 17.1 Å². The first kappa shape index (κ1) is 19.2. The molecule has 144 valence electrons. The van der Waals surface area contributed by atoms with Crippen LogP contribution in [0.1, 0.15) is 30.5 Å². The van der Waals surface area contributed by atoms with E-state index in [9.17, 15) is 13.2 Å². The summed E-state index contributed by atoms with van der Waals surface area (Å²) in [4.78, 5) is 12.3. The number of carbonyl (C=O) groups excluding carboxylic acids is 1. The molecule has 0 radical (unpaired) electrons. The van der Waals surface area contributed by atoms with Gasteiger partial charge in [-0.05, 0) is 57.0 Å². The number of anilines is 2. The van der Waals surface area contributed by atoms with E-state index in [1.807, 2.05) is 32.0 Å². The highest BCUT2D eigenvalue weighted by molar-refractivity contribution is 7.91. The van der Waals surface area contributed by atoms with Crippen molar-refractivity contribution < 1.29 is 17.9 Å². The first-order valence-electron chi connectivity index (χ1n) is 8.71. The maximum atomic E-state index is 12.6. The molecular formula is C20H24N2O4S. The molecule has 0 bridgehead atoms.